The summed E-state index contributed by atoms with van der Waals surface area (Å²) in [5.41, 5.74) is 11.2. The number of nitriles is 1. The molecule has 1 saturated heterocycles. The Hall–Kier alpha value is -2.64. The van der Waals surface area contributed by atoms with Crippen LogP contribution in [0.4, 0.5) is 17.6 Å². The standard InChI is InChI=1S/C13H17N5S.C9H10N4S.C6H8N2.C4H9Cl2N.C4H6N2S2.Na.H/c1-19-12-15-13(17-9-7-14-8-10-17)18(16-12)11-5-3-2-4-6-11;1-14-9-11-8(10)13(12-9)7-5-3-2-4-6-7;7-8-6-4-2-1-3-5-6;5-1-3-7-4-2-6;1-7-4(8-2)6-3-5;;/h2-6,14H,7-10H2,1H3;2-6H,1H3,(H2,10,11,12);1-5,8H,7H2;7H,1-4H2;1-2H3;;/q;;;;;+1;-1. The van der Waals surface area contributed by atoms with Crippen molar-refractivity contribution < 1.29 is 31.0 Å². The molecule has 5 aromatic rings. The molecular formula is C36H51Cl2N14NaS4. The Morgan fingerprint density at radius 3 is 1.68 bits per heavy atom. The van der Waals surface area contributed by atoms with Gasteiger partial charge < -0.3 is 28.1 Å². The third-order valence-electron chi connectivity index (χ3n) is 6.92. The van der Waals surface area contributed by atoms with E-state index in [0.717, 1.165) is 71.8 Å². The molecule has 0 saturated carbocycles. The van der Waals surface area contributed by atoms with Gasteiger partial charge in [-0.25, -0.2) is 0 Å². The summed E-state index contributed by atoms with van der Waals surface area (Å²) < 4.78 is 4.38. The van der Waals surface area contributed by atoms with Gasteiger partial charge in [-0.15, -0.1) is 56.9 Å². The van der Waals surface area contributed by atoms with Crippen LogP contribution in [0.3, 0.4) is 0 Å². The third-order valence-corrected chi connectivity index (χ3v) is 10.3. The number of nitrogen functional groups attached to an aromatic ring is 2. The van der Waals surface area contributed by atoms with E-state index >= 15 is 0 Å². The Kier molecular flexibility index (Phi) is 30.5. The number of thioether (sulfide) groups is 4. The number of hydrogen-bond donors (Lipinski definition) is 5. The van der Waals surface area contributed by atoms with Crippen LogP contribution in [-0.4, -0.2) is 110 Å². The molecule has 7 N–H and O–H groups in total. The molecular weight excluding hydrogens is 851 g/mol. The molecule has 0 spiro atoms. The van der Waals surface area contributed by atoms with Crippen LogP contribution in [0.5, 0.6) is 0 Å². The second-order valence-corrected chi connectivity index (χ2v) is 14.8. The number of hydrogen-bond acceptors (Lipinski definition) is 16. The van der Waals surface area contributed by atoms with Crippen molar-refractivity contribution in [2.75, 3.05) is 92.1 Å². The van der Waals surface area contributed by atoms with Crippen molar-refractivity contribution in [2.24, 2.45) is 10.8 Å². The van der Waals surface area contributed by atoms with Gasteiger partial charge in [-0.3, -0.25) is 5.84 Å². The molecule has 0 radical (unpaired) electrons. The minimum Gasteiger partial charge on any atom is -1.00 e. The Balaban J connectivity index is 0.000000739. The predicted molar refractivity (Wildman–Crippen MR) is 246 cm³/mol. The Morgan fingerprint density at radius 1 is 0.807 bits per heavy atom. The van der Waals surface area contributed by atoms with Crippen LogP contribution in [-0.2, 0) is 0 Å². The fourth-order valence-electron chi connectivity index (χ4n) is 4.34. The number of piperazine rings is 1. The molecule has 2 aromatic heterocycles. The number of benzene rings is 3. The molecule has 0 atom stereocenters. The number of para-hydroxylation sites is 3. The molecule has 0 amide bonds. The van der Waals surface area contributed by atoms with Crippen molar-refractivity contribution in [2.45, 2.75) is 10.3 Å². The number of nitrogens with zero attached hydrogens (tertiary/aromatic N) is 9. The fourth-order valence-corrected chi connectivity index (χ4v) is 6.23. The zero-order chi connectivity index (χ0) is 40.8. The summed E-state index contributed by atoms with van der Waals surface area (Å²) in [7, 11) is 0. The Morgan fingerprint density at radius 2 is 1.28 bits per heavy atom. The molecule has 3 aromatic carbocycles. The van der Waals surface area contributed by atoms with E-state index in [4.69, 9.17) is 40.0 Å². The molecule has 1 aliphatic heterocycles. The Bertz CT molecular complexity index is 1810. The van der Waals surface area contributed by atoms with Crippen LogP contribution in [0, 0.1) is 11.5 Å². The van der Waals surface area contributed by atoms with Gasteiger partial charge in [0.2, 0.25) is 28.4 Å². The van der Waals surface area contributed by atoms with Crippen molar-refractivity contribution in [1.29, 1.82) is 5.26 Å². The summed E-state index contributed by atoms with van der Waals surface area (Å²) in [5.74, 6) is 7.79. The van der Waals surface area contributed by atoms with Crippen LogP contribution in [0.2, 0.25) is 0 Å². The summed E-state index contributed by atoms with van der Waals surface area (Å²) in [6.07, 6.45) is 9.43. The summed E-state index contributed by atoms with van der Waals surface area (Å²) >= 11 is 16.7. The maximum atomic E-state index is 8.03. The van der Waals surface area contributed by atoms with Crippen LogP contribution >= 0.6 is 70.2 Å². The number of aromatic nitrogens is 6. The van der Waals surface area contributed by atoms with Crippen LogP contribution in [0.1, 0.15) is 1.43 Å². The van der Waals surface area contributed by atoms with E-state index in [9.17, 15) is 0 Å². The number of anilines is 3. The molecule has 0 unspecified atom stereocenters. The van der Waals surface area contributed by atoms with E-state index in [-0.39, 0.29) is 31.0 Å². The molecule has 1 fully saturated rings. The number of nitrogens with two attached hydrogens (primary N) is 2. The van der Waals surface area contributed by atoms with E-state index in [1.807, 2.05) is 109 Å². The quantitative estimate of drug-likeness (QED) is 0.0157. The van der Waals surface area contributed by atoms with Crippen LogP contribution in [0.25, 0.3) is 11.4 Å². The molecule has 6 rings (SSSR count). The molecule has 57 heavy (non-hydrogen) atoms. The summed E-state index contributed by atoms with van der Waals surface area (Å²) in [4.78, 5) is 14.5. The van der Waals surface area contributed by atoms with Crippen molar-refractivity contribution in [3.63, 3.8) is 0 Å². The maximum Gasteiger partial charge on any atom is 1.00 e. The molecule has 14 nitrogen and oxygen atoms in total. The van der Waals surface area contributed by atoms with Gasteiger partial charge in [-0.2, -0.15) is 29.6 Å². The topological polar surface area (TPSA) is 189 Å². The van der Waals surface area contributed by atoms with Gasteiger partial charge in [-0.1, -0.05) is 78.1 Å². The molecule has 304 valence electrons. The van der Waals surface area contributed by atoms with E-state index in [1.165, 1.54) is 35.3 Å². The number of alkyl halides is 2. The molecule has 3 heterocycles. The van der Waals surface area contributed by atoms with Gasteiger partial charge in [0, 0.05) is 56.7 Å². The van der Waals surface area contributed by atoms with Crippen LogP contribution < -0.4 is 62.1 Å². The number of aliphatic imine (C=N–C) groups is 1. The first-order valence-corrected chi connectivity index (χ1v) is 23.1. The first-order chi connectivity index (χ1) is 27.4. The maximum absolute atomic E-state index is 8.03. The molecule has 0 aliphatic carbocycles. The van der Waals surface area contributed by atoms with Crippen molar-refractivity contribution in [1.82, 2.24) is 40.2 Å². The first-order valence-electron chi connectivity index (χ1n) is 17.1. The van der Waals surface area contributed by atoms with Gasteiger partial charge >= 0.3 is 29.6 Å². The number of halogens is 2. The third kappa shape index (κ3) is 20.8. The normalized spacial score (nSPS) is 11.2. The summed E-state index contributed by atoms with van der Waals surface area (Å²) in [6.45, 7) is 5.65. The second-order valence-electron chi connectivity index (χ2n) is 10.6. The largest absolute Gasteiger partial charge is 1.00 e. The monoisotopic (exact) mass is 900 g/mol. The average Bonchev–Trinajstić information content (AvgIpc) is 3.89. The van der Waals surface area contributed by atoms with Gasteiger partial charge in [0.25, 0.3) is 0 Å². The first kappa shape index (κ1) is 52.4. The molecule has 0 bridgehead atoms. The number of rotatable bonds is 10. The zero-order valence-corrected chi connectivity index (χ0v) is 39.7. The van der Waals surface area contributed by atoms with E-state index in [1.54, 1.807) is 22.6 Å². The van der Waals surface area contributed by atoms with E-state index in [2.05, 4.69) is 58.2 Å². The van der Waals surface area contributed by atoms with Crippen molar-refractivity contribution in [3.05, 3.63) is 91.0 Å². The Labute approximate surface area is 387 Å². The molecule has 1 aliphatic rings. The minimum atomic E-state index is 0. The summed E-state index contributed by atoms with van der Waals surface area (Å²) in [6, 6.07) is 29.5. The van der Waals surface area contributed by atoms with Crippen molar-refractivity contribution in [3.8, 4) is 17.6 Å². The fraction of sp³-hybridized carbons (Fsp3) is 0.333. The second kappa shape index (κ2) is 33.2. The minimum absolute atomic E-state index is 0. The molecule has 21 heteroatoms. The van der Waals surface area contributed by atoms with E-state index in [0.29, 0.717) is 22.9 Å². The smallest absolute Gasteiger partial charge is 1.00 e. The van der Waals surface area contributed by atoms with Gasteiger partial charge in [0.05, 0.1) is 11.4 Å². The van der Waals surface area contributed by atoms with Gasteiger partial charge in [0.1, 0.15) is 4.38 Å². The summed E-state index contributed by atoms with van der Waals surface area (Å²) in [5, 5.41) is 24.7. The van der Waals surface area contributed by atoms with E-state index < -0.39 is 0 Å². The number of hydrazine groups is 1. The zero-order valence-electron chi connectivity index (χ0n) is 33.9. The van der Waals surface area contributed by atoms with Gasteiger partial charge in [0.15, 0.2) is 0 Å². The number of nitrogens with one attached hydrogen (secondary N) is 3. The predicted octanol–water partition coefficient (Wildman–Crippen LogP) is 3.66. The average molecular weight is 902 g/mol. The van der Waals surface area contributed by atoms with Gasteiger partial charge in [-0.05, 0) is 61.4 Å². The van der Waals surface area contributed by atoms with Crippen LogP contribution in [0.15, 0.2) is 106 Å². The van der Waals surface area contributed by atoms with Crippen molar-refractivity contribution >= 4 is 92.2 Å². The SMILES string of the molecule is CSC(=NC#N)SC.CSc1nc(N)n(-c2ccccc2)n1.CSc1nc(N2CCNCC2)n(-c2ccccc2)n1.ClCCNCCCl.NNc1ccccc1.[H-].[Na+].